The second kappa shape index (κ2) is 7.08. The van der Waals surface area contributed by atoms with Gasteiger partial charge in [-0.2, -0.15) is 0 Å². The first-order valence-electron chi connectivity index (χ1n) is 7.19. The zero-order chi connectivity index (χ0) is 18.0. The number of halogens is 1. The molecule has 0 saturated carbocycles. The summed E-state index contributed by atoms with van der Waals surface area (Å²) in [4.78, 5) is 28.7. The fraction of sp³-hybridized carbons (Fsp3) is 0.118. The Labute approximate surface area is 152 Å². The summed E-state index contributed by atoms with van der Waals surface area (Å²) >= 11 is 7.37. The number of thiazole rings is 1. The minimum Gasteiger partial charge on any atom is -0.466 e. The molecule has 6 nitrogen and oxygen atoms in total. The van der Waals surface area contributed by atoms with Gasteiger partial charge in [0.05, 0.1) is 22.9 Å². The van der Waals surface area contributed by atoms with E-state index in [-0.39, 0.29) is 5.56 Å². The van der Waals surface area contributed by atoms with Crippen molar-refractivity contribution in [2.75, 3.05) is 12.8 Å². The first-order chi connectivity index (χ1) is 12.0. The molecule has 8 heteroatoms. The van der Waals surface area contributed by atoms with E-state index in [0.717, 1.165) is 4.70 Å². The van der Waals surface area contributed by atoms with Gasteiger partial charge in [0.2, 0.25) is 6.10 Å². The summed E-state index contributed by atoms with van der Waals surface area (Å²) in [6.07, 6.45) is -1.26. The summed E-state index contributed by atoms with van der Waals surface area (Å²) in [5.41, 5.74) is 6.98. The van der Waals surface area contributed by atoms with E-state index in [0.29, 0.717) is 21.2 Å². The molecule has 1 heterocycles. The Morgan fingerprint density at radius 1 is 1.24 bits per heavy atom. The van der Waals surface area contributed by atoms with E-state index in [4.69, 9.17) is 26.8 Å². The van der Waals surface area contributed by atoms with Crippen molar-refractivity contribution in [3.05, 3.63) is 58.6 Å². The highest BCUT2D eigenvalue weighted by molar-refractivity contribution is 7.22. The molecule has 3 aromatic rings. The summed E-state index contributed by atoms with van der Waals surface area (Å²) in [6.45, 7) is 0. The average Bonchev–Trinajstić information content (AvgIpc) is 2.98. The molecular formula is C17H13ClN2O4S. The summed E-state index contributed by atoms with van der Waals surface area (Å²) in [6, 6.07) is 11.5. The normalized spacial score (nSPS) is 11.9. The molecule has 0 aliphatic rings. The van der Waals surface area contributed by atoms with E-state index in [1.54, 1.807) is 42.5 Å². The maximum Gasteiger partial charge on any atom is 0.352 e. The van der Waals surface area contributed by atoms with Crippen LogP contribution in [0.25, 0.3) is 10.2 Å². The SMILES string of the molecule is COC(=O)C(OC(=O)c1ccc2nc(N)sc2c1)c1ccccc1Cl. The lowest BCUT2D eigenvalue weighted by atomic mass is 10.1. The van der Waals surface area contributed by atoms with E-state index in [1.165, 1.54) is 18.4 Å². The van der Waals surface area contributed by atoms with Crippen LogP contribution in [0.5, 0.6) is 0 Å². The van der Waals surface area contributed by atoms with Gasteiger partial charge < -0.3 is 15.2 Å². The molecule has 2 N–H and O–H groups in total. The summed E-state index contributed by atoms with van der Waals surface area (Å²) in [5, 5.41) is 0.709. The molecule has 0 aliphatic carbocycles. The van der Waals surface area contributed by atoms with Crippen LogP contribution in [-0.4, -0.2) is 24.0 Å². The van der Waals surface area contributed by atoms with Gasteiger partial charge in [0.25, 0.3) is 0 Å². The number of methoxy groups -OCH3 is 1. The number of hydrogen-bond donors (Lipinski definition) is 1. The second-order valence-corrected chi connectivity index (χ2v) is 6.53. The fourth-order valence-electron chi connectivity index (χ4n) is 2.28. The van der Waals surface area contributed by atoms with Crippen molar-refractivity contribution >= 4 is 50.2 Å². The van der Waals surface area contributed by atoms with Crippen LogP contribution < -0.4 is 5.73 Å². The maximum absolute atomic E-state index is 12.5. The van der Waals surface area contributed by atoms with Gasteiger partial charge in [-0.3, -0.25) is 0 Å². The van der Waals surface area contributed by atoms with Gasteiger partial charge in [-0.05, 0) is 24.3 Å². The Kier molecular flexibility index (Phi) is 4.87. The smallest absolute Gasteiger partial charge is 0.352 e. The van der Waals surface area contributed by atoms with Gasteiger partial charge in [-0.15, -0.1) is 0 Å². The van der Waals surface area contributed by atoms with Gasteiger partial charge >= 0.3 is 11.9 Å². The van der Waals surface area contributed by atoms with Crippen LogP contribution in [0.4, 0.5) is 5.13 Å². The largest absolute Gasteiger partial charge is 0.466 e. The van der Waals surface area contributed by atoms with Crippen molar-refractivity contribution in [3.8, 4) is 0 Å². The molecule has 0 aliphatic heterocycles. The van der Waals surface area contributed by atoms with Crippen LogP contribution in [0, 0.1) is 0 Å². The number of nitrogens with zero attached hydrogens (tertiary/aromatic N) is 1. The second-order valence-electron chi connectivity index (χ2n) is 5.06. The molecule has 0 fully saturated rings. The monoisotopic (exact) mass is 376 g/mol. The molecule has 0 bridgehead atoms. The molecule has 0 radical (unpaired) electrons. The highest BCUT2D eigenvalue weighted by Crippen LogP contribution is 2.29. The van der Waals surface area contributed by atoms with Gasteiger partial charge in [0.1, 0.15) is 0 Å². The maximum atomic E-state index is 12.5. The topological polar surface area (TPSA) is 91.5 Å². The van der Waals surface area contributed by atoms with Crippen molar-refractivity contribution in [3.63, 3.8) is 0 Å². The average molecular weight is 377 g/mol. The van der Waals surface area contributed by atoms with Crippen LogP contribution in [-0.2, 0) is 14.3 Å². The summed E-state index contributed by atoms with van der Waals surface area (Å²) < 4.78 is 10.8. The van der Waals surface area contributed by atoms with Crippen LogP contribution in [0.3, 0.4) is 0 Å². The number of nitrogen functional groups attached to an aromatic ring is 1. The molecule has 2 aromatic carbocycles. The molecule has 0 amide bonds. The van der Waals surface area contributed by atoms with Crippen molar-refractivity contribution in [2.45, 2.75) is 6.10 Å². The van der Waals surface area contributed by atoms with E-state index >= 15 is 0 Å². The summed E-state index contributed by atoms with van der Waals surface area (Å²) in [5.74, 6) is -1.39. The quantitative estimate of drug-likeness (QED) is 0.699. The number of esters is 2. The van der Waals surface area contributed by atoms with E-state index < -0.39 is 18.0 Å². The Balaban J connectivity index is 1.91. The number of ether oxygens (including phenoxy) is 2. The van der Waals surface area contributed by atoms with E-state index in [2.05, 4.69) is 4.98 Å². The summed E-state index contributed by atoms with van der Waals surface area (Å²) in [7, 11) is 1.21. The van der Waals surface area contributed by atoms with Crippen LogP contribution in [0.1, 0.15) is 22.0 Å². The lowest BCUT2D eigenvalue weighted by molar-refractivity contribution is -0.151. The van der Waals surface area contributed by atoms with Crippen molar-refractivity contribution < 1.29 is 19.1 Å². The third-order valence-corrected chi connectivity index (χ3v) is 4.66. The first-order valence-corrected chi connectivity index (χ1v) is 8.38. The van der Waals surface area contributed by atoms with Crippen LogP contribution in [0.2, 0.25) is 5.02 Å². The number of carbonyl (C=O) groups is 2. The highest BCUT2D eigenvalue weighted by Gasteiger charge is 2.28. The third kappa shape index (κ3) is 3.57. The number of anilines is 1. The molecule has 3 rings (SSSR count). The van der Waals surface area contributed by atoms with Crippen LogP contribution in [0.15, 0.2) is 42.5 Å². The molecule has 0 saturated heterocycles. The van der Waals surface area contributed by atoms with Gasteiger partial charge in [-0.1, -0.05) is 41.1 Å². The van der Waals surface area contributed by atoms with Crippen molar-refractivity contribution in [1.29, 1.82) is 0 Å². The van der Waals surface area contributed by atoms with E-state index in [9.17, 15) is 9.59 Å². The molecule has 128 valence electrons. The molecule has 1 aromatic heterocycles. The van der Waals surface area contributed by atoms with Gasteiger partial charge in [0, 0.05) is 10.6 Å². The Morgan fingerprint density at radius 2 is 2.00 bits per heavy atom. The number of benzene rings is 2. The fourth-order valence-corrected chi connectivity index (χ4v) is 3.29. The minimum atomic E-state index is -1.26. The Morgan fingerprint density at radius 3 is 2.72 bits per heavy atom. The van der Waals surface area contributed by atoms with E-state index in [1.807, 2.05) is 0 Å². The molecular weight excluding hydrogens is 364 g/mol. The highest BCUT2D eigenvalue weighted by atomic mass is 35.5. The number of aromatic nitrogens is 1. The van der Waals surface area contributed by atoms with Crippen molar-refractivity contribution in [1.82, 2.24) is 4.98 Å². The number of nitrogens with two attached hydrogens (primary N) is 1. The van der Waals surface area contributed by atoms with Crippen LogP contribution >= 0.6 is 22.9 Å². The lowest BCUT2D eigenvalue weighted by Gasteiger charge is -2.17. The Bertz CT molecular complexity index is 957. The number of hydrogen-bond acceptors (Lipinski definition) is 7. The minimum absolute atomic E-state index is 0.275. The first kappa shape index (κ1) is 17.2. The number of carbonyl (C=O) groups excluding carboxylic acids is 2. The number of fused-ring (bicyclic) bond motifs is 1. The predicted molar refractivity (Wildman–Crippen MR) is 95.7 cm³/mol. The Hall–Kier alpha value is -2.64. The lowest BCUT2D eigenvalue weighted by Crippen LogP contribution is -2.21. The predicted octanol–water partition coefficient (Wildman–Crippen LogP) is 3.60. The van der Waals surface area contributed by atoms with Gasteiger partial charge in [0.15, 0.2) is 5.13 Å². The third-order valence-electron chi connectivity index (χ3n) is 3.47. The molecule has 1 atom stereocenters. The zero-order valence-electron chi connectivity index (χ0n) is 13.1. The van der Waals surface area contributed by atoms with Gasteiger partial charge in [-0.25, -0.2) is 14.6 Å². The number of rotatable bonds is 4. The van der Waals surface area contributed by atoms with Crippen molar-refractivity contribution in [2.24, 2.45) is 0 Å². The standard InChI is InChI=1S/C17H13ClN2O4S/c1-23-16(22)14(10-4-2-3-5-11(10)18)24-15(21)9-6-7-12-13(8-9)25-17(19)20-12/h2-8,14H,1H3,(H2,19,20). The molecule has 1 unspecified atom stereocenters. The molecule has 0 spiro atoms. The molecule has 25 heavy (non-hydrogen) atoms. The zero-order valence-corrected chi connectivity index (χ0v) is 14.6.